The quantitative estimate of drug-likeness (QED) is 0.273. The fourth-order valence-electron chi connectivity index (χ4n) is 4.40. The number of aliphatic hydroxyl groups is 1. The van der Waals surface area contributed by atoms with Crippen molar-refractivity contribution in [3.63, 3.8) is 0 Å². The summed E-state index contributed by atoms with van der Waals surface area (Å²) in [4.78, 5) is 50.2. The molecular formula is C24H35N3O5. The minimum absolute atomic E-state index is 0.00311. The van der Waals surface area contributed by atoms with Gasteiger partial charge in [-0.05, 0) is 49.8 Å². The lowest BCUT2D eigenvalue weighted by Gasteiger charge is -2.28. The van der Waals surface area contributed by atoms with Crippen molar-refractivity contribution in [1.82, 2.24) is 5.32 Å². The van der Waals surface area contributed by atoms with E-state index < -0.39 is 17.4 Å². The lowest BCUT2D eigenvalue weighted by atomic mass is 9.73. The molecule has 8 nitrogen and oxygen atoms in total. The number of carbonyl (C=O) groups is 4. The zero-order valence-electron chi connectivity index (χ0n) is 18.8. The Hall–Kier alpha value is -2.74. The molecule has 0 bridgehead atoms. The number of hydrogen-bond acceptors (Lipinski definition) is 5. The molecule has 1 aliphatic carbocycles. The van der Waals surface area contributed by atoms with Crippen LogP contribution in [0.3, 0.4) is 0 Å². The molecule has 5 N–H and O–H groups in total. The SMILES string of the molecule is CCCC(=O)C1(C(=O)C[C@@H](CCCNC(N)=O)C(=O)Nc2ccc(CO)cc2)CCCC1. The number of carbonyl (C=O) groups excluding carboxylic acids is 4. The van der Waals surface area contributed by atoms with E-state index in [1.54, 1.807) is 24.3 Å². The van der Waals surface area contributed by atoms with Gasteiger partial charge >= 0.3 is 6.03 Å². The smallest absolute Gasteiger partial charge is 0.312 e. The molecule has 1 aliphatic rings. The number of rotatable bonds is 13. The highest BCUT2D eigenvalue weighted by atomic mass is 16.3. The first-order chi connectivity index (χ1) is 15.3. The van der Waals surface area contributed by atoms with Crippen molar-refractivity contribution in [2.24, 2.45) is 17.1 Å². The standard InChI is InChI=1S/C24H35N3O5/c1-2-6-20(29)24(12-3-4-13-24)21(30)15-18(7-5-14-26-23(25)32)22(31)27-19-10-8-17(16-28)9-11-19/h8-11,18,28H,2-7,12-16H2,1H3,(H,27,31)(H3,25,26,32)/t18-/m1/s1. The van der Waals surface area contributed by atoms with Gasteiger partial charge in [0.05, 0.1) is 12.0 Å². The van der Waals surface area contributed by atoms with Crippen molar-refractivity contribution in [1.29, 1.82) is 0 Å². The molecule has 0 radical (unpaired) electrons. The Morgan fingerprint density at radius 3 is 2.31 bits per heavy atom. The third kappa shape index (κ3) is 6.88. The highest BCUT2D eigenvalue weighted by molar-refractivity contribution is 6.08. The second kappa shape index (κ2) is 12.3. The molecule has 3 amide bonds. The zero-order chi connectivity index (χ0) is 23.6. The molecule has 0 saturated heterocycles. The topological polar surface area (TPSA) is 139 Å². The maximum Gasteiger partial charge on any atom is 0.312 e. The lowest BCUT2D eigenvalue weighted by molar-refractivity contribution is -0.142. The summed E-state index contributed by atoms with van der Waals surface area (Å²) in [5.74, 6) is -1.07. The summed E-state index contributed by atoms with van der Waals surface area (Å²) in [5, 5.41) is 14.5. The molecule has 0 spiro atoms. The number of urea groups is 1. The van der Waals surface area contributed by atoms with Crippen molar-refractivity contribution in [2.45, 2.75) is 71.3 Å². The van der Waals surface area contributed by atoms with Crippen molar-refractivity contribution in [2.75, 3.05) is 11.9 Å². The predicted molar refractivity (Wildman–Crippen MR) is 122 cm³/mol. The van der Waals surface area contributed by atoms with Gasteiger partial charge in [0.15, 0.2) is 0 Å². The van der Waals surface area contributed by atoms with Crippen LogP contribution in [0.25, 0.3) is 0 Å². The van der Waals surface area contributed by atoms with Gasteiger partial charge in [-0.15, -0.1) is 0 Å². The fraction of sp³-hybridized carbons (Fsp3) is 0.583. The Morgan fingerprint density at radius 2 is 1.75 bits per heavy atom. The van der Waals surface area contributed by atoms with E-state index in [0.29, 0.717) is 50.8 Å². The van der Waals surface area contributed by atoms with Crippen LogP contribution in [0.2, 0.25) is 0 Å². The number of ketones is 2. The third-order valence-corrected chi connectivity index (χ3v) is 6.24. The molecule has 1 atom stereocenters. The van der Waals surface area contributed by atoms with Crippen molar-refractivity contribution >= 4 is 29.2 Å². The van der Waals surface area contributed by atoms with Crippen LogP contribution in [0.5, 0.6) is 0 Å². The van der Waals surface area contributed by atoms with E-state index in [1.807, 2.05) is 6.92 Å². The first-order valence-corrected chi connectivity index (χ1v) is 11.4. The minimum atomic E-state index is -0.956. The van der Waals surface area contributed by atoms with Gasteiger partial charge < -0.3 is 21.5 Å². The van der Waals surface area contributed by atoms with E-state index in [-0.39, 0.29) is 30.5 Å². The molecular weight excluding hydrogens is 410 g/mol. The summed E-state index contributed by atoms with van der Waals surface area (Å²) in [5.41, 5.74) is 5.44. The molecule has 2 rings (SSSR count). The summed E-state index contributed by atoms with van der Waals surface area (Å²) in [6, 6.07) is 6.18. The van der Waals surface area contributed by atoms with Gasteiger partial charge in [-0.3, -0.25) is 14.4 Å². The van der Waals surface area contributed by atoms with Crippen molar-refractivity contribution in [3.05, 3.63) is 29.8 Å². The van der Waals surface area contributed by atoms with Crippen LogP contribution in [-0.2, 0) is 21.0 Å². The van der Waals surface area contributed by atoms with Crippen molar-refractivity contribution in [3.8, 4) is 0 Å². The molecule has 1 aromatic carbocycles. The lowest BCUT2D eigenvalue weighted by Crippen LogP contribution is -2.39. The van der Waals surface area contributed by atoms with Crippen LogP contribution in [0.15, 0.2) is 24.3 Å². The molecule has 0 unspecified atom stereocenters. The summed E-state index contributed by atoms with van der Waals surface area (Å²) >= 11 is 0. The normalized spacial score (nSPS) is 15.7. The van der Waals surface area contributed by atoms with E-state index in [9.17, 15) is 24.3 Å². The Kier molecular flexibility index (Phi) is 9.84. The molecule has 0 aliphatic heterocycles. The first kappa shape index (κ1) is 25.5. The molecule has 1 aromatic rings. The molecule has 0 heterocycles. The molecule has 1 saturated carbocycles. The Bertz CT molecular complexity index is 800. The summed E-state index contributed by atoms with van der Waals surface area (Å²) in [7, 11) is 0. The molecule has 0 aromatic heterocycles. The number of hydrogen-bond donors (Lipinski definition) is 4. The largest absolute Gasteiger partial charge is 0.392 e. The zero-order valence-corrected chi connectivity index (χ0v) is 18.8. The maximum atomic E-state index is 13.4. The predicted octanol–water partition coefficient (Wildman–Crippen LogP) is 3.07. The van der Waals surface area contributed by atoms with Crippen LogP contribution in [-0.4, -0.2) is 35.2 Å². The number of nitrogens with one attached hydrogen (secondary N) is 2. The number of benzene rings is 1. The highest BCUT2D eigenvalue weighted by Crippen LogP contribution is 2.42. The first-order valence-electron chi connectivity index (χ1n) is 11.4. The third-order valence-electron chi connectivity index (χ3n) is 6.24. The second-order valence-corrected chi connectivity index (χ2v) is 8.56. The van der Waals surface area contributed by atoms with Gasteiger partial charge in [-0.1, -0.05) is 31.9 Å². The van der Waals surface area contributed by atoms with E-state index in [0.717, 1.165) is 18.4 Å². The Balaban J connectivity index is 2.13. The fourth-order valence-corrected chi connectivity index (χ4v) is 4.40. The summed E-state index contributed by atoms with van der Waals surface area (Å²) < 4.78 is 0. The monoisotopic (exact) mass is 445 g/mol. The average molecular weight is 446 g/mol. The molecule has 32 heavy (non-hydrogen) atoms. The number of Topliss-reactive ketones (excluding diaryl/α,β-unsaturated/α-hetero) is 2. The van der Waals surface area contributed by atoms with E-state index >= 15 is 0 Å². The molecule has 8 heteroatoms. The van der Waals surface area contributed by atoms with Crippen LogP contribution >= 0.6 is 0 Å². The van der Waals surface area contributed by atoms with Crippen LogP contribution in [0.1, 0.15) is 70.3 Å². The van der Waals surface area contributed by atoms with Crippen molar-refractivity contribution < 1.29 is 24.3 Å². The maximum absolute atomic E-state index is 13.4. The number of amides is 3. The average Bonchev–Trinajstić information content (AvgIpc) is 3.27. The number of aliphatic hydroxyl groups excluding tert-OH is 1. The van der Waals surface area contributed by atoms with Gasteiger partial charge in [-0.2, -0.15) is 0 Å². The van der Waals surface area contributed by atoms with Gasteiger partial charge in [0.1, 0.15) is 11.6 Å². The van der Waals surface area contributed by atoms with Crippen LogP contribution in [0.4, 0.5) is 10.5 Å². The van der Waals surface area contributed by atoms with Gasteiger partial charge in [0, 0.05) is 31.0 Å². The second-order valence-electron chi connectivity index (χ2n) is 8.56. The minimum Gasteiger partial charge on any atom is -0.392 e. The van der Waals surface area contributed by atoms with E-state index in [1.165, 1.54) is 0 Å². The number of anilines is 1. The number of nitrogens with two attached hydrogens (primary N) is 1. The Labute approximate surface area is 189 Å². The van der Waals surface area contributed by atoms with Gasteiger partial charge in [0.2, 0.25) is 5.91 Å². The summed E-state index contributed by atoms with van der Waals surface area (Å²) in [6.45, 7) is 2.14. The van der Waals surface area contributed by atoms with E-state index in [2.05, 4.69) is 10.6 Å². The summed E-state index contributed by atoms with van der Waals surface area (Å²) in [6.07, 6.45) is 4.74. The van der Waals surface area contributed by atoms with E-state index in [4.69, 9.17) is 5.73 Å². The van der Waals surface area contributed by atoms with Crippen LogP contribution in [0, 0.1) is 11.3 Å². The van der Waals surface area contributed by atoms with Gasteiger partial charge in [0.25, 0.3) is 0 Å². The Morgan fingerprint density at radius 1 is 1.09 bits per heavy atom. The molecule has 1 fully saturated rings. The van der Waals surface area contributed by atoms with Crippen LogP contribution < -0.4 is 16.4 Å². The van der Waals surface area contributed by atoms with Gasteiger partial charge in [-0.25, -0.2) is 4.79 Å². The molecule has 176 valence electrons. The number of primary amides is 1. The highest BCUT2D eigenvalue weighted by Gasteiger charge is 2.47.